The maximum absolute atomic E-state index is 5.86. The molecule has 0 bridgehead atoms. The maximum atomic E-state index is 5.86. The monoisotopic (exact) mass is 246 g/mol. The zero-order chi connectivity index (χ0) is 13.3. The van der Waals surface area contributed by atoms with Gasteiger partial charge in [-0.3, -0.25) is 4.90 Å². The predicted octanol–water partition coefficient (Wildman–Crippen LogP) is 3.62. The van der Waals surface area contributed by atoms with Crippen molar-refractivity contribution in [2.24, 2.45) is 5.92 Å². The van der Waals surface area contributed by atoms with Crippen molar-refractivity contribution < 1.29 is 0 Å². The molecule has 0 spiro atoms. The van der Waals surface area contributed by atoms with Gasteiger partial charge in [-0.05, 0) is 62.4 Å². The van der Waals surface area contributed by atoms with Gasteiger partial charge < -0.3 is 5.73 Å². The molecule has 0 fully saturated rings. The lowest BCUT2D eigenvalue weighted by atomic mass is 10.0. The molecule has 2 nitrogen and oxygen atoms in total. The van der Waals surface area contributed by atoms with Gasteiger partial charge >= 0.3 is 0 Å². The predicted molar refractivity (Wildman–Crippen MR) is 78.6 cm³/mol. The second-order valence-electron chi connectivity index (χ2n) is 6.16. The average molecular weight is 246 g/mol. The van der Waals surface area contributed by atoms with E-state index in [1.165, 1.54) is 30.4 Å². The number of hydrogen-bond acceptors (Lipinski definition) is 2. The Labute approximate surface area is 111 Å². The minimum atomic E-state index is 0.578. The summed E-state index contributed by atoms with van der Waals surface area (Å²) in [6.07, 6.45) is 3.67. The van der Waals surface area contributed by atoms with Crippen LogP contribution in [-0.4, -0.2) is 18.0 Å². The van der Waals surface area contributed by atoms with Crippen molar-refractivity contribution in [1.82, 2.24) is 4.90 Å². The van der Waals surface area contributed by atoms with Crippen LogP contribution in [0.25, 0.3) is 0 Å². The van der Waals surface area contributed by atoms with Gasteiger partial charge in [0.25, 0.3) is 0 Å². The van der Waals surface area contributed by atoms with Crippen LogP contribution in [0.5, 0.6) is 0 Å². The quantitative estimate of drug-likeness (QED) is 0.822. The highest BCUT2D eigenvalue weighted by Crippen LogP contribution is 2.37. The average Bonchev–Trinajstić information content (AvgIpc) is 2.69. The van der Waals surface area contributed by atoms with E-state index in [2.05, 4.69) is 44.9 Å². The molecule has 0 heterocycles. The number of aryl methyl sites for hydroxylation is 1. The van der Waals surface area contributed by atoms with E-state index in [0.717, 1.165) is 11.6 Å². The molecule has 0 saturated carbocycles. The highest BCUT2D eigenvalue weighted by atomic mass is 15.2. The first-order chi connectivity index (χ1) is 8.49. The minimum Gasteiger partial charge on any atom is -0.399 e. The molecule has 1 aromatic carbocycles. The number of anilines is 1. The molecule has 2 N–H and O–H groups in total. The van der Waals surface area contributed by atoms with Crippen LogP contribution in [0, 0.1) is 5.92 Å². The van der Waals surface area contributed by atoms with E-state index >= 15 is 0 Å². The summed E-state index contributed by atoms with van der Waals surface area (Å²) in [5.74, 6) is 0.759. The molecule has 0 amide bonds. The molecule has 0 radical (unpaired) electrons. The van der Waals surface area contributed by atoms with Gasteiger partial charge in [0.15, 0.2) is 0 Å². The summed E-state index contributed by atoms with van der Waals surface area (Å²) in [4.78, 5) is 2.54. The zero-order valence-electron chi connectivity index (χ0n) is 12.1. The van der Waals surface area contributed by atoms with Crippen molar-refractivity contribution in [3.8, 4) is 0 Å². The topological polar surface area (TPSA) is 29.3 Å². The van der Waals surface area contributed by atoms with Gasteiger partial charge in [0.2, 0.25) is 0 Å². The Bertz CT molecular complexity index is 412. The van der Waals surface area contributed by atoms with Gasteiger partial charge in [0, 0.05) is 17.8 Å². The van der Waals surface area contributed by atoms with Crippen molar-refractivity contribution in [2.75, 3.05) is 12.8 Å². The van der Waals surface area contributed by atoms with Crippen molar-refractivity contribution >= 4 is 5.69 Å². The fourth-order valence-electron chi connectivity index (χ4n) is 3.19. The summed E-state index contributed by atoms with van der Waals surface area (Å²) in [6.45, 7) is 6.94. The van der Waals surface area contributed by atoms with Crippen LogP contribution in [0.15, 0.2) is 18.2 Å². The molecular formula is C16H26N2. The van der Waals surface area contributed by atoms with E-state index in [9.17, 15) is 0 Å². The van der Waals surface area contributed by atoms with Gasteiger partial charge in [-0.15, -0.1) is 0 Å². The third kappa shape index (κ3) is 2.69. The summed E-state index contributed by atoms with van der Waals surface area (Å²) < 4.78 is 0. The molecular weight excluding hydrogens is 220 g/mol. The number of nitrogens with two attached hydrogens (primary N) is 1. The maximum Gasteiger partial charge on any atom is 0.0353 e. The van der Waals surface area contributed by atoms with Crippen LogP contribution < -0.4 is 5.73 Å². The third-order valence-corrected chi connectivity index (χ3v) is 4.21. The lowest BCUT2D eigenvalue weighted by Crippen LogP contribution is -2.33. The van der Waals surface area contributed by atoms with Crippen molar-refractivity contribution in [2.45, 2.75) is 52.1 Å². The normalized spacial score (nSPS) is 20.4. The fraction of sp³-hybridized carbons (Fsp3) is 0.625. The van der Waals surface area contributed by atoms with E-state index in [1.807, 2.05) is 6.07 Å². The molecule has 0 aliphatic heterocycles. The Kier molecular flexibility index (Phi) is 3.96. The number of benzene rings is 1. The number of nitrogen functional groups attached to an aromatic ring is 1. The van der Waals surface area contributed by atoms with Crippen molar-refractivity contribution in [3.63, 3.8) is 0 Å². The van der Waals surface area contributed by atoms with E-state index in [4.69, 9.17) is 5.73 Å². The van der Waals surface area contributed by atoms with Crippen LogP contribution in [0.1, 0.15) is 50.8 Å². The molecule has 1 aliphatic carbocycles. The zero-order valence-corrected chi connectivity index (χ0v) is 12.1. The van der Waals surface area contributed by atoms with Crippen molar-refractivity contribution in [1.29, 1.82) is 0 Å². The molecule has 2 atom stereocenters. The van der Waals surface area contributed by atoms with E-state index < -0.39 is 0 Å². The first-order valence-electron chi connectivity index (χ1n) is 7.09. The van der Waals surface area contributed by atoms with Crippen LogP contribution in [0.3, 0.4) is 0 Å². The first kappa shape index (κ1) is 13.4. The third-order valence-electron chi connectivity index (χ3n) is 4.21. The second-order valence-corrected chi connectivity index (χ2v) is 6.16. The summed E-state index contributed by atoms with van der Waals surface area (Å²) >= 11 is 0. The molecule has 18 heavy (non-hydrogen) atoms. The highest BCUT2D eigenvalue weighted by Gasteiger charge is 2.28. The molecule has 0 aromatic heterocycles. The van der Waals surface area contributed by atoms with Crippen LogP contribution >= 0.6 is 0 Å². The van der Waals surface area contributed by atoms with Crippen LogP contribution in [0.4, 0.5) is 5.69 Å². The van der Waals surface area contributed by atoms with Crippen LogP contribution in [-0.2, 0) is 6.42 Å². The smallest absolute Gasteiger partial charge is 0.0353 e. The molecule has 2 heteroatoms. The Morgan fingerprint density at radius 3 is 2.72 bits per heavy atom. The summed E-state index contributed by atoms with van der Waals surface area (Å²) in [6, 6.07) is 7.63. The summed E-state index contributed by atoms with van der Waals surface area (Å²) in [5.41, 5.74) is 9.70. The lowest BCUT2D eigenvalue weighted by Gasteiger charge is -2.32. The molecule has 100 valence electrons. The van der Waals surface area contributed by atoms with Gasteiger partial charge in [0.1, 0.15) is 0 Å². The standard InChI is InChI=1S/C16H26N2/c1-11(2)9-12(3)18(4)16-8-5-13-10-14(17)6-7-15(13)16/h6-7,10-12,16H,5,8-9,17H2,1-4H3. The number of fused-ring (bicyclic) bond motifs is 1. The number of nitrogens with zero attached hydrogens (tertiary/aromatic N) is 1. The minimum absolute atomic E-state index is 0.578. The largest absolute Gasteiger partial charge is 0.399 e. The molecule has 0 saturated heterocycles. The Balaban J connectivity index is 2.13. The SMILES string of the molecule is CC(C)CC(C)N(C)C1CCc2cc(N)ccc21. The summed E-state index contributed by atoms with van der Waals surface area (Å²) in [7, 11) is 2.27. The highest BCUT2D eigenvalue weighted by molar-refractivity contribution is 5.47. The second kappa shape index (κ2) is 5.31. The van der Waals surface area contributed by atoms with Gasteiger partial charge in [-0.1, -0.05) is 19.9 Å². The van der Waals surface area contributed by atoms with Crippen molar-refractivity contribution in [3.05, 3.63) is 29.3 Å². The summed E-state index contributed by atoms with van der Waals surface area (Å²) in [5, 5.41) is 0. The number of rotatable bonds is 4. The Morgan fingerprint density at radius 1 is 1.33 bits per heavy atom. The molecule has 2 rings (SSSR count). The van der Waals surface area contributed by atoms with E-state index in [-0.39, 0.29) is 0 Å². The van der Waals surface area contributed by atoms with E-state index in [1.54, 1.807) is 0 Å². The van der Waals surface area contributed by atoms with Crippen LogP contribution in [0.2, 0.25) is 0 Å². The van der Waals surface area contributed by atoms with Gasteiger partial charge in [-0.2, -0.15) is 0 Å². The number of hydrogen-bond donors (Lipinski definition) is 1. The Morgan fingerprint density at radius 2 is 2.06 bits per heavy atom. The molecule has 2 unspecified atom stereocenters. The first-order valence-corrected chi connectivity index (χ1v) is 7.09. The van der Waals surface area contributed by atoms with Gasteiger partial charge in [0.05, 0.1) is 0 Å². The van der Waals surface area contributed by atoms with Gasteiger partial charge in [-0.25, -0.2) is 0 Å². The van der Waals surface area contributed by atoms with E-state index in [0.29, 0.717) is 12.1 Å². The lowest BCUT2D eigenvalue weighted by molar-refractivity contribution is 0.164. The Hall–Kier alpha value is -1.02. The molecule has 1 aliphatic rings. The molecule has 1 aromatic rings. The fourth-order valence-corrected chi connectivity index (χ4v) is 3.19.